The lowest BCUT2D eigenvalue weighted by Gasteiger charge is -2.48. The molecular weight excluding hydrogens is 366 g/mol. The Morgan fingerprint density at radius 3 is 2.38 bits per heavy atom. The van der Waals surface area contributed by atoms with E-state index < -0.39 is 0 Å². The number of nitrogens with zero attached hydrogens (tertiary/aromatic N) is 3. The molecule has 0 unspecified atom stereocenters. The zero-order chi connectivity index (χ0) is 20.8. The number of hydrogen-bond donors (Lipinski definition) is 1. The number of aliphatic hydroxyl groups is 1. The van der Waals surface area contributed by atoms with E-state index in [9.17, 15) is 5.11 Å². The summed E-state index contributed by atoms with van der Waals surface area (Å²) < 4.78 is 10.8. The van der Waals surface area contributed by atoms with E-state index in [-0.39, 0.29) is 6.61 Å². The fourth-order valence-corrected chi connectivity index (χ4v) is 4.94. The third-order valence-electron chi connectivity index (χ3n) is 6.63. The number of likely N-dealkylation sites (tertiary alicyclic amines) is 1. The molecule has 6 nitrogen and oxygen atoms in total. The lowest BCUT2D eigenvalue weighted by Crippen LogP contribution is -2.58. The van der Waals surface area contributed by atoms with Crippen molar-refractivity contribution in [3.8, 4) is 11.5 Å². The molecule has 29 heavy (non-hydrogen) atoms. The largest absolute Gasteiger partial charge is 0.493 e. The fraction of sp³-hybridized carbons (Fsp3) is 0.739. The average Bonchev–Trinajstić information content (AvgIpc) is 2.74. The van der Waals surface area contributed by atoms with Gasteiger partial charge in [0.15, 0.2) is 11.5 Å². The third-order valence-corrected chi connectivity index (χ3v) is 6.63. The summed E-state index contributed by atoms with van der Waals surface area (Å²) in [5.74, 6) is 1.56. The minimum atomic E-state index is 0.260. The highest BCUT2D eigenvalue weighted by atomic mass is 16.5. The van der Waals surface area contributed by atoms with Gasteiger partial charge in [0.25, 0.3) is 0 Å². The molecule has 0 spiro atoms. The zero-order valence-corrected chi connectivity index (χ0v) is 18.6. The van der Waals surface area contributed by atoms with Crippen LogP contribution in [0.15, 0.2) is 18.2 Å². The molecule has 2 heterocycles. The van der Waals surface area contributed by atoms with Gasteiger partial charge in [-0.1, -0.05) is 6.07 Å². The minimum absolute atomic E-state index is 0.260. The third kappa shape index (κ3) is 5.63. The van der Waals surface area contributed by atoms with Crippen molar-refractivity contribution in [2.75, 3.05) is 53.6 Å². The maximum absolute atomic E-state index is 9.67. The van der Waals surface area contributed by atoms with E-state index in [0.29, 0.717) is 18.1 Å². The van der Waals surface area contributed by atoms with E-state index >= 15 is 0 Å². The monoisotopic (exact) mass is 405 g/mol. The quantitative estimate of drug-likeness (QED) is 0.717. The van der Waals surface area contributed by atoms with Gasteiger partial charge in [-0.05, 0) is 63.9 Å². The number of rotatable bonds is 8. The Morgan fingerprint density at radius 2 is 1.76 bits per heavy atom. The maximum atomic E-state index is 9.67. The second-order valence-corrected chi connectivity index (χ2v) is 8.69. The summed E-state index contributed by atoms with van der Waals surface area (Å²) in [6.07, 6.45) is 3.35. The SMILES string of the molecule is COc1ccc(CN2CCN(C3CCN(C(C)C)CC3)[C@@H](CCO)C2)cc1OC. The van der Waals surface area contributed by atoms with E-state index in [1.807, 2.05) is 6.07 Å². The van der Waals surface area contributed by atoms with Crippen LogP contribution < -0.4 is 9.47 Å². The zero-order valence-electron chi connectivity index (χ0n) is 18.6. The number of methoxy groups -OCH3 is 2. The van der Waals surface area contributed by atoms with Crippen molar-refractivity contribution in [2.45, 2.75) is 57.8 Å². The molecule has 1 aromatic rings. The van der Waals surface area contributed by atoms with E-state index in [0.717, 1.165) is 44.1 Å². The van der Waals surface area contributed by atoms with Gasteiger partial charge in [-0.15, -0.1) is 0 Å². The second kappa shape index (κ2) is 10.6. The van der Waals surface area contributed by atoms with Gasteiger partial charge >= 0.3 is 0 Å². The van der Waals surface area contributed by atoms with E-state index in [2.05, 4.69) is 40.7 Å². The summed E-state index contributed by atoms with van der Waals surface area (Å²) in [5, 5.41) is 9.67. The van der Waals surface area contributed by atoms with Crippen LogP contribution >= 0.6 is 0 Å². The Labute approximate surface area is 176 Å². The molecule has 0 amide bonds. The Balaban J connectivity index is 1.60. The Hall–Kier alpha value is -1.34. The first kappa shape index (κ1) is 22.3. The van der Waals surface area contributed by atoms with Crippen LogP contribution in [0.3, 0.4) is 0 Å². The van der Waals surface area contributed by atoms with Gasteiger partial charge < -0.3 is 19.5 Å². The first-order valence-corrected chi connectivity index (χ1v) is 11.1. The maximum Gasteiger partial charge on any atom is 0.161 e. The Bertz CT molecular complexity index is 632. The van der Waals surface area contributed by atoms with Crippen LogP contribution in [-0.2, 0) is 6.54 Å². The normalized spacial score (nSPS) is 22.9. The number of aliphatic hydroxyl groups excluding tert-OH is 1. The summed E-state index contributed by atoms with van der Waals surface area (Å²) >= 11 is 0. The van der Waals surface area contributed by atoms with Crippen molar-refractivity contribution in [1.29, 1.82) is 0 Å². The van der Waals surface area contributed by atoms with E-state index in [1.54, 1.807) is 14.2 Å². The topological polar surface area (TPSA) is 48.4 Å². The highest BCUT2D eigenvalue weighted by molar-refractivity contribution is 5.42. The smallest absolute Gasteiger partial charge is 0.161 e. The highest BCUT2D eigenvalue weighted by Gasteiger charge is 2.33. The predicted molar refractivity (Wildman–Crippen MR) is 117 cm³/mol. The molecule has 2 aliphatic heterocycles. The molecule has 0 aliphatic carbocycles. The standard InChI is InChI=1S/C23H39N3O3/c1-18(2)25-10-7-20(8-11-25)26-13-12-24(17-21(26)9-14-27)16-19-5-6-22(28-3)23(15-19)29-4/h5-6,15,18,20-21,27H,7-14,16-17H2,1-4H3/t21-/m0/s1. The summed E-state index contributed by atoms with van der Waals surface area (Å²) in [5.41, 5.74) is 1.24. The molecule has 2 fully saturated rings. The number of hydrogen-bond acceptors (Lipinski definition) is 6. The molecule has 2 saturated heterocycles. The number of benzene rings is 1. The first-order chi connectivity index (χ1) is 14.0. The first-order valence-electron chi connectivity index (χ1n) is 11.1. The molecular formula is C23H39N3O3. The van der Waals surface area contributed by atoms with Gasteiger partial charge in [-0.2, -0.15) is 0 Å². The average molecular weight is 406 g/mol. The lowest BCUT2D eigenvalue weighted by molar-refractivity contribution is -0.0000438. The Morgan fingerprint density at radius 1 is 1.03 bits per heavy atom. The van der Waals surface area contributed by atoms with Gasteiger partial charge in [0.05, 0.1) is 14.2 Å². The van der Waals surface area contributed by atoms with E-state index in [4.69, 9.17) is 9.47 Å². The van der Waals surface area contributed by atoms with Gasteiger partial charge in [0.1, 0.15) is 0 Å². The molecule has 0 saturated carbocycles. The summed E-state index contributed by atoms with van der Waals surface area (Å²) in [7, 11) is 3.35. The summed E-state index contributed by atoms with van der Waals surface area (Å²) in [6.45, 7) is 11.3. The van der Waals surface area contributed by atoms with Crippen LogP contribution in [0, 0.1) is 0 Å². The van der Waals surface area contributed by atoms with Gasteiger partial charge in [0, 0.05) is 50.9 Å². The van der Waals surface area contributed by atoms with Crippen LogP contribution in [0.5, 0.6) is 11.5 Å². The van der Waals surface area contributed by atoms with Gasteiger partial charge in [0.2, 0.25) is 0 Å². The fourth-order valence-electron chi connectivity index (χ4n) is 4.94. The number of piperazine rings is 1. The van der Waals surface area contributed by atoms with Crippen LogP contribution in [0.2, 0.25) is 0 Å². The molecule has 3 rings (SSSR count). The molecule has 6 heteroatoms. The van der Waals surface area contributed by atoms with Crippen LogP contribution in [0.25, 0.3) is 0 Å². The van der Waals surface area contributed by atoms with Crippen molar-refractivity contribution in [3.05, 3.63) is 23.8 Å². The van der Waals surface area contributed by atoms with Crippen LogP contribution in [0.1, 0.15) is 38.7 Å². The Kier molecular flexibility index (Phi) is 8.18. The molecule has 2 aliphatic rings. The van der Waals surface area contributed by atoms with Gasteiger partial charge in [-0.25, -0.2) is 0 Å². The van der Waals surface area contributed by atoms with Crippen molar-refractivity contribution in [1.82, 2.24) is 14.7 Å². The molecule has 164 valence electrons. The van der Waals surface area contributed by atoms with Crippen LogP contribution in [-0.4, -0.2) is 91.5 Å². The van der Waals surface area contributed by atoms with E-state index in [1.165, 1.54) is 31.5 Å². The van der Waals surface area contributed by atoms with Crippen molar-refractivity contribution in [2.24, 2.45) is 0 Å². The minimum Gasteiger partial charge on any atom is -0.493 e. The van der Waals surface area contributed by atoms with Gasteiger partial charge in [-0.3, -0.25) is 9.80 Å². The second-order valence-electron chi connectivity index (χ2n) is 8.69. The lowest BCUT2D eigenvalue weighted by atomic mass is 9.97. The van der Waals surface area contributed by atoms with Crippen molar-refractivity contribution in [3.63, 3.8) is 0 Å². The van der Waals surface area contributed by atoms with Crippen molar-refractivity contribution >= 4 is 0 Å². The molecule has 0 aromatic heterocycles. The predicted octanol–water partition coefficient (Wildman–Crippen LogP) is 2.45. The molecule has 1 atom stereocenters. The number of piperidine rings is 1. The number of ether oxygens (including phenoxy) is 2. The molecule has 0 bridgehead atoms. The highest BCUT2D eigenvalue weighted by Crippen LogP contribution is 2.29. The molecule has 0 radical (unpaired) electrons. The van der Waals surface area contributed by atoms with Crippen molar-refractivity contribution < 1.29 is 14.6 Å². The molecule has 1 aromatic carbocycles. The summed E-state index contributed by atoms with van der Waals surface area (Å²) in [4.78, 5) is 7.80. The van der Waals surface area contributed by atoms with Crippen LogP contribution in [0.4, 0.5) is 0 Å². The summed E-state index contributed by atoms with van der Waals surface area (Å²) in [6, 6.07) is 7.92. The molecule has 1 N–H and O–H groups in total.